The first-order valence-corrected chi connectivity index (χ1v) is 3.77. The molecule has 1 unspecified atom stereocenters. The van der Waals surface area contributed by atoms with Crippen LogP contribution < -0.4 is 0 Å². The van der Waals surface area contributed by atoms with Crippen molar-refractivity contribution in [1.82, 2.24) is 0 Å². The fourth-order valence-electron chi connectivity index (χ4n) is 0.923. The van der Waals surface area contributed by atoms with Gasteiger partial charge in [-0.2, -0.15) is 13.2 Å². The van der Waals surface area contributed by atoms with E-state index in [1.54, 1.807) is 0 Å². The average molecular weight is 210 g/mol. The van der Waals surface area contributed by atoms with Crippen LogP contribution >= 0.6 is 0 Å². The number of hydrogen-bond acceptors (Lipinski definition) is 3. The zero-order chi connectivity index (χ0) is 10.8. The van der Waals surface area contributed by atoms with E-state index < -0.39 is 18.0 Å². The SMILES string of the molecule is COCc1ccc(C(O)C(F)(F)F)o1. The van der Waals surface area contributed by atoms with Crippen LogP contribution in [0, 0.1) is 0 Å². The van der Waals surface area contributed by atoms with Crippen molar-refractivity contribution in [1.29, 1.82) is 0 Å². The summed E-state index contributed by atoms with van der Waals surface area (Å²) in [5.74, 6) is -0.282. The van der Waals surface area contributed by atoms with Gasteiger partial charge in [-0.25, -0.2) is 0 Å². The second-order valence-electron chi connectivity index (χ2n) is 2.68. The Hall–Kier alpha value is -1.01. The quantitative estimate of drug-likeness (QED) is 0.829. The van der Waals surface area contributed by atoms with Crippen molar-refractivity contribution in [2.24, 2.45) is 0 Å². The molecule has 1 atom stereocenters. The molecule has 1 aromatic heterocycles. The van der Waals surface area contributed by atoms with Crippen LogP contribution in [0.3, 0.4) is 0 Å². The number of aliphatic hydroxyl groups excluding tert-OH is 1. The Morgan fingerprint density at radius 1 is 1.50 bits per heavy atom. The van der Waals surface area contributed by atoms with Crippen LogP contribution in [-0.2, 0) is 11.3 Å². The van der Waals surface area contributed by atoms with Crippen molar-refractivity contribution < 1.29 is 27.4 Å². The van der Waals surface area contributed by atoms with E-state index in [4.69, 9.17) is 9.52 Å². The average Bonchev–Trinajstić information content (AvgIpc) is 2.50. The predicted molar refractivity (Wildman–Crippen MR) is 40.4 cm³/mol. The van der Waals surface area contributed by atoms with Crippen molar-refractivity contribution >= 4 is 0 Å². The second-order valence-corrected chi connectivity index (χ2v) is 2.68. The number of ether oxygens (including phenoxy) is 1. The normalized spacial score (nSPS) is 14.4. The molecule has 1 aromatic rings. The second kappa shape index (κ2) is 4.02. The summed E-state index contributed by atoms with van der Waals surface area (Å²) in [6, 6.07) is 2.40. The van der Waals surface area contributed by atoms with Gasteiger partial charge in [0, 0.05) is 7.11 Å². The molecule has 0 spiro atoms. The lowest BCUT2D eigenvalue weighted by molar-refractivity contribution is -0.211. The van der Waals surface area contributed by atoms with Gasteiger partial charge in [-0.15, -0.1) is 0 Å². The zero-order valence-corrected chi connectivity index (χ0v) is 7.34. The molecule has 0 radical (unpaired) electrons. The summed E-state index contributed by atoms with van der Waals surface area (Å²) in [6.45, 7) is 0.0740. The third-order valence-electron chi connectivity index (χ3n) is 1.55. The molecule has 80 valence electrons. The third kappa shape index (κ3) is 2.49. The minimum atomic E-state index is -4.71. The number of hydrogen-bond donors (Lipinski definition) is 1. The van der Waals surface area contributed by atoms with Crippen LogP contribution in [0.1, 0.15) is 17.6 Å². The molecule has 0 amide bonds. The highest BCUT2D eigenvalue weighted by Crippen LogP contribution is 2.33. The van der Waals surface area contributed by atoms with Crippen LogP contribution in [0.4, 0.5) is 13.2 Å². The van der Waals surface area contributed by atoms with Gasteiger partial charge in [-0.05, 0) is 12.1 Å². The molecule has 0 bridgehead atoms. The molecule has 0 aliphatic heterocycles. The Balaban J connectivity index is 2.76. The molecule has 6 heteroatoms. The summed E-state index contributed by atoms with van der Waals surface area (Å²) in [7, 11) is 1.39. The Morgan fingerprint density at radius 2 is 2.14 bits per heavy atom. The third-order valence-corrected chi connectivity index (χ3v) is 1.55. The van der Waals surface area contributed by atoms with Crippen LogP contribution in [0.15, 0.2) is 16.5 Å². The van der Waals surface area contributed by atoms with Gasteiger partial charge in [0.2, 0.25) is 6.10 Å². The number of rotatable bonds is 3. The fraction of sp³-hybridized carbons (Fsp3) is 0.500. The molecule has 0 aliphatic rings. The Labute approximate surface area is 78.1 Å². The van der Waals surface area contributed by atoms with E-state index in [0.717, 1.165) is 6.07 Å². The molecule has 1 N–H and O–H groups in total. The highest BCUT2D eigenvalue weighted by molar-refractivity contribution is 5.10. The first-order valence-electron chi connectivity index (χ1n) is 3.77. The summed E-state index contributed by atoms with van der Waals surface area (Å²) in [4.78, 5) is 0. The maximum Gasteiger partial charge on any atom is 0.421 e. The Morgan fingerprint density at radius 3 is 2.64 bits per heavy atom. The summed E-state index contributed by atoms with van der Waals surface area (Å²) in [6.07, 6.45) is -7.28. The lowest BCUT2D eigenvalue weighted by Crippen LogP contribution is -2.19. The Bertz CT molecular complexity index is 292. The van der Waals surface area contributed by atoms with Crippen molar-refractivity contribution in [3.63, 3.8) is 0 Å². The van der Waals surface area contributed by atoms with Crippen LogP contribution in [0.2, 0.25) is 0 Å². The summed E-state index contributed by atoms with van der Waals surface area (Å²) < 4.78 is 45.3. The van der Waals surface area contributed by atoms with Gasteiger partial charge in [0.1, 0.15) is 18.1 Å². The topological polar surface area (TPSA) is 42.6 Å². The van der Waals surface area contributed by atoms with E-state index in [-0.39, 0.29) is 12.4 Å². The predicted octanol–water partition coefficient (Wildman–Crippen LogP) is 2.02. The van der Waals surface area contributed by atoms with E-state index in [1.807, 2.05) is 0 Å². The first kappa shape index (κ1) is 11.1. The molecule has 14 heavy (non-hydrogen) atoms. The monoisotopic (exact) mass is 210 g/mol. The van der Waals surface area contributed by atoms with Crippen molar-refractivity contribution in [2.45, 2.75) is 18.9 Å². The van der Waals surface area contributed by atoms with Crippen molar-refractivity contribution in [2.75, 3.05) is 7.11 Å². The van der Waals surface area contributed by atoms with Gasteiger partial charge in [0.05, 0.1) is 0 Å². The minimum Gasteiger partial charge on any atom is -0.460 e. The first-order chi connectivity index (χ1) is 6.45. The van der Waals surface area contributed by atoms with Crippen molar-refractivity contribution in [3.05, 3.63) is 23.7 Å². The Kier molecular flexibility index (Phi) is 3.17. The van der Waals surface area contributed by atoms with Gasteiger partial charge in [-0.3, -0.25) is 0 Å². The summed E-state index contributed by atoms with van der Waals surface area (Å²) in [5, 5.41) is 8.78. The number of methoxy groups -OCH3 is 1. The van der Waals surface area contributed by atoms with E-state index in [0.29, 0.717) is 0 Å². The van der Waals surface area contributed by atoms with Crippen LogP contribution in [0.25, 0.3) is 0 Å². The smallest absolute Gasteiger partial charge is 0.421 e. The molecule has 0 saturated heterocycles. The summed E-state index contributed by atoms with van der Waals surface area (Å²) >= 11 is 0. The number of aliphatic hydroxyl groups is 1. The molecule has 3 nitrogen and oxygen atoms in total. The largest absolute Gasteiger partial charge is 0.460 e. The lowest BCUT2D eigenvalue weighted by atomic mass is 10.3. The molecule has 1 rings (SSSR count). The molecule has 0 fully saturated rings. The van der Waals surface area contributed by atoms with Crippen molar-refractivity contribution in [3.8, 4) is 0 Å². The number of halogens is 3. The van der Waals surface area contributed by atoms with Gasteiger partial charge in [-0.1, -0.05) is 0 Å². The van der Waals surface area contributed by atoms with E-state index in [1.165, 1.54) is 13.2 Å². The molecule has 0 aromatic carbocycles. The molecule has 0 aliphatic carbocycles. The standard InChI is InChI=1S/C8H9F3O3/c1-13-4-5-2-3-6(14-5)7(12)8(9,10)11/h2-3,7,12H,4H2,1H3. The van der Waals surface area contributed by atoms with Gasteiger partial charge < -0.3 is 14.3 Å². The minimum absolute atomic E-state index is 0.0740. The van der Waals surface area contributed by atoms with E-state index >= 15 is 0 Å². The van der Waals surface area contributed by atoms with Gasteiger partial charge in [0.25, 0.3) is 0 Å². The van der Waals surface area contributed by atoms with Gasteiger partial charge >= 0.3 is 6.18 Å². The maximum atomic E-state index is 12.0. The molecular formula is C8H9F3O3. The maximum absolute atomic E-state index is 12.0. The molecule has 1 heterocycles. The van der Waals surface area contributed by atoms with Gasteiger partial charge in [0.15, 0.2) is 0 Å². The van der Waals surface area contributed by atoms with E-state index in [2.05, 4.69) is 4.74 Å². The van der Waals surface area contributed by atoms with Crippen LogP contribution in [-0.4, -0.2) is 18.4 Å². The lowest BCUT2D eigenvalue weighted by Gasteiger charge is -2.11. The number of furan rings is 1. The molecular weight excluding hydrogens is 201 g/mol. The number of alkyl halides is 3. The summed E-state index contributed by atoms with van der Waals surface area (Å²) in [5.41, 5.74) is 0. The molecule has 0 saturated carbocycles. The zero-order valence-electron chi connectivity index (χ0n) is 7.34. The highest BCUT2D eigenvalue weighted by Gasteiger charge is 2.41. The fourth-order valence-corrected chi connectivity index (χ4v) is 0.923. The van der Waals surface area contributed by atoms with Crippen LogP contribution in [0.5, 0.6) is 0 Å². The highest BCUT2D eigenvalue weighted by atomic mass is 19.4. The van der Waals surface area contributed by atoms with E-state index in [9.17, 15) is 13.2 Å².